The molecule has 0 bridgehead atoms. The normalized spacial score (nSPS) is 10.4. The molecule has 0 aliphatic rings. The van der Waals surface area contributed by atoms with Crippen molar-refractivity contribution in [3.63, 3.8) is 0 Å². The fourth-order valence-corrected chi connectivity index (χ4v) is 2.15. The lowest BCUT2D eigenvalue weighted by atomic mass is 10.0. The van der Waals surface area contributed by atoms with Crippen molar-refractivity contribution in [1.82, 2.24) is 0 Å². The molecule has 0 fully saturated rings. The summed E-state index contributed by atoms with van der Waals surface area (Å²) in [5.74, 6) is -0.0914. The van der Waals surface area contributed by atoms with E-state index < -0.39 is 0 Å². The Labute approximate surface area is 124 Å². The van der Waals surface area contributed by atoms with Gasteiger partial charge in [-0.05, 0) is 52.7 Å². The molecule has 0 aliphatic heterocycles. The molecule has 92 valence electrons. The second-order valence-corrected chi connectivity index (χ2v) is 5.59. The molecule has 2 aromatic carbocycles. The van der Waals surface area contributed by atoms with E-state index >= 15 is 0 Å². The summed E-state index contributed by atoms with van der Waals surface area (Å²) in [7, 11) is 0. The van der Waals surface area contributed by atoms with Crippen LogP contribution in [0, 0.1) is 6.92 Å². The van der Waals surface area contributed by atoms with Crippen molar-refractivity contribution in [2.75, 3.05) is 0 Å². The van der Waals surface area contributed by atoms with Crippen molar-refractivity contribution in [1.29, 1.82) is 0 Å². The summed E-state index contributed by atoms with van der Waals surface area (Å²) in [6.07, 6.45) is 0. The molecule has 0 saturated heterocycles. The van der Waals surface area contributed by atoms with Crippen molar-refractivity contribution in [2.24, 2.45) is 0 Å². The first-order valence-electron chi connectivity index (χ1n) is 5.25. The Morgan fingerprint density at radius 2 is 1.56 bits per heavy atom. The second kappa shape index (κ2) is 5.43. The highest BCUT2D eigenvalue weighted by Crippen LogP contribution is 2.25. The molecule has 0 N–H and O–H groups in total. The molecule has 2 aromatic rings. The quantitative estimate of drug-likeness (QED) is 0.676. The van der Waals surface area contributed by atoms with E-state index in [9.17, 15) is 4.79 Å². The lowest BCUT2D eigenvalue weighted by Gasteiger charge is -2.05. The third kappa shape index (κ3) is 2.77. The van der Waals surface area contributed by atoms with Gasteiger partial charge in [0.2, 0.25) is 0 Å². The number of rotatable bonds is 2. The molecule has 0 radical (unpaired) electrons. The van der Waals surface area contributed by atoms with Crippen LogP contribution >= 0.6 is 39.1 Å². The van der Waals surface area contributed by atoms with Gasteiger partial charge in [0.1, 0.15) is 0 Å². The van der Waals surface area contributed by atoms with E-state index in [4.69, 9.17) is 23.2 Å². The molecule has 0 amide bonds. The van der Waals surface area contributed by atoms with Crippen LogP contribution < -0.4 is 0 Å². The summed E-state index contributed by atoms with van der Waals surface area (Å²) in [5.41, 5.74) is 2.05. The zero-order valence-corrected chi connectivity index (χ0v) is 12.6. The minimum Gasteiger partial charge on any atom is -0.289 e. The molecule has 2 rings (SSSR count). The Hall–Kier alpha value is -0.830. The van der Waals surface area contributed by atoms with E-state index in [1.54, 1.807) is 30.3 Å². The molecule has 18 heavy (non-hydrogen) atoms. The monoisotopic (exact) mass is 342 g/mol. The second-order valence-electron chi connectivity index (χ2n) is 3.92. The van der Waals surface area contributed by atoms with E-state index in [2.05, 4.69) is 15.9 Å². The Bertz CT molecular complexity index is 570. The van der Waals surface area contributed by atoms with Crippen molar-refractivity contribution in [2.45, 2.75) is 6.92 Å². The molecular formula is C14H9BrCl2O. The number of hydrogen-bond acceptors (Lipinski definition) is 1. The van der Waals surface area contributed by atoms with E-state index in [0.717, 1.165) is 10.0 Å². The van der Waals surface area contributed by atoms with E-state index in [1.807, 2.05) is 13.0 Å². The SMILES string of the molecule is Cc1ccc(C(=O)c2ccc(Br)c(Cl)c2)cc1Cl. The number of hydrogen-bond donors (Lipinski definition) is 0. The molecule has 0 aliphatic carbocycles. The summed E-state index contributed by atoms with van der Waals surface area (Å²) in [6.45, 7) is 1.90. The summed E-state index contributed by atoms with van der Waals surface area (Å²) in [6, 6.07) is 10.4. The lowest BCUT2D eigenvalue weighted by Crippen LogP contribution is -2.01. The summed E-state index contributed by atoms with van der Waals surface area (Å²) in [4.78, 5) is 12.2. The Kier molecular flexibility index (Phi) is 4.10. The Morgan fingerprint density at radius 3 is 2.11 bits per heavy atom. The van der Waals surface area contributed by atoms with Gasteiger partial charge >= 0.3 is 0 Å². The average molecular weight is 344 g/mol. The largest absolute Gasteiger partial charge is 0.289 e. The van der Waals surface area contributed by atoms with Crippen LogP contribution in [-0.4, -0.2) is 5.78 Å². The van der Waals surface area contributed by atoms with Gasteiger partial charge in [-0.3, -0.25) is 4.79 Å². The summed E-state index contributed by atoms with van der Waals surface area (Å²) >= 11 is 15.3. The van der Waals surface area contributed by atoms with Gasteiger partial charge < -0.3 is 0 Å². The molecule has 0 spiro atoms. The molecule has 1 nitrogen and oxygen atoms in total. The molecule has 0 unspecified atom stereocenters. The van der Waals surface area contributed by atoms with E-state index in [-0.39, 0.29) is 5.78 Å². The van der Waals surface area contributed by atoms with E-state index in [0.29, 0.717) is 21.2 Å². The third-order valence-corrected chi connectivity index (χ3v) is 4.26. The van der Waals surface area contributed by atoms with Gasteiger partial charge in [0.15, 0.2) is 5.78 Å². The molecule has 4 heteroatoms. The minimum atomic E-state index is -0.0914. The maximum Gasteiger partial charge on any atom is 0.193 e. The number of ketones is 1. The fraction of sp³-hybridized carbons (Fsp3) is 0.0714. The molecule has 0 heterocycles. The van der Waals surface area contributed by atoms with Crippen LogP contribution in [0.25, 0.3) is 0 Å². The van der Waals surface area contributed by atoms with Gasteiger partial charge in [0.05, 0.1) is 5.02 Å². The van der Waals surface area contributed by atoms with Gasteiger partial charge in [-0.1, -0.05) is 35.3 Å². The standard InChI is InChI=1S/C14H9BrCl2O/c1-8-2-3-9(6-12(8)16)14(18)10-4-5-11(15)13(17)7-10/h2-7H,1H3. The Balaban J connectivity index is 2.41. The first kappa shape index (κ1) is 13.6. The zero-order chi connectivity index (χ0) is 13.3. The van der Waals surface area contributed by atoms with Crippen LogP contribution in [-0.2, 0) is 0 Å². The van der Waals surface area contributed by atoms with Gasteiger partial charge in [-0.2, -0.15) is 0 Å². The van der Waals surface area contributed by atoms with Crippen molar-refractivity contribution < 1.29 is 4.79 Å². The number of benzene rings is 2. The zero-order valence-electron chi connectivity index (χ0n) is 9.51. The maximum atomic E-state index is 12.2. The number of halogens is 3. The predicted molar refractivity (Wildman–Crippen MR) is 78.8 cm³/mol. The van der Waals surface area contributed by atoms with Gasteiger partial charge in [-0.15, -0.1) is 0 Å². The Morgan fingerprint density at radius 1 is 1.00 bits per heavy atom. The molecular weight excluding hydrogens is 335 g/mol. The topological polar surface area (TPSA) is 17.1 Å². The van der Waals surface area contributed by atoms with Gasteiger partial charge in [0.25, 0.3) is 0 Å². The summed E-state index contributed by atoms with van der Waals surface area (Å²) in [5, 5.41) is 1.10. The van der Waals surface area contributed by atoms with E-state index in [1.165, 1.54) is 0 Å². The average Bonchev–Trinajstić information content (AvgIpc) is 2.35. The lowest BCUT2D eigenvalue weighted by molar-refractivity contribution is 0.103. The van der Waals surface area contributed by atoms with Crippen LogP contribution in [0.1, 0.15) is 21.5 Å². The van der Waals surface area contributed by atoms with Crippen LogP contribution in [0.4, 0.5) is 0 Å². The third-order valence-electron chi connectivity index (χ3n) is 2.62. The molecule has 0 aromatic heterocycles. The van der Waals surface area contributed by atoms with Gasteiger partial charge in [0, 0.05) is 20.6 Å². The summed E-state index contributed by atoms with van der Waals surface area (Å²) < 4.78 is 0.766. The highest BCUT2D eigenvalue weighted by Gasteiger charge is 2.11. The van der Waals surface area contributed by atoms with Crippen molar-refractivity contribution in [3.8, 4) is 0 Å². The number of carbonyl (C=O) groups is 1. The highest BCUT2D eigenvalue weighted by molar-refractivity contribution is 9.10. The fourth-order valence-electron chi connectivity index (χ4n) is 1.54. The first-order chi connectivity index (χ1) is 8.49. The van der Waals surface area contributed by atoms with Crippen LogP contribution in [0.15, 0.2) is 40.9 Å². The van der Waals surface area contributed by atoms with Crippen molar-refractivity contribution >= 4 is 44.9 Å². The molecule has 0 saturated carbocycles. The van der Waals surface area contributed by atoms with Crippen molar-refractivity contribution in [3.05, 3.63) is 67.6 Å². The van der Waals surface area contributed by atoms with Crippen LogP contribution in [0.3, 0.4) is 0 Å². The highest BCUT2D eigenvalue weighted by atomic mass is 79.9. The van der Waals surface area contributed by atoms with Crippen LogP contribution in [0.5, 0.6) is 0 Å². The number of carbonyl (C=O) groups excluding carboxylic acids is 1. The maximum absolute atomic E-state index is 12.2. The first-order valence-corrected chi connectivity index (χ1v) is 6.80. The smallest absolute Gasteiger partial charge is 0.193 e. The predicted octanol–water partition coefficient (Wildman–Crippen LogP) is 5.30. The van der Waals surface area contributed by atoms with Gasteiger partial charge in [-0.25, -0.2) is 0 Å². The number of aryl methyl sites for hydroxylation is 1. The minimum absolute atomic E-state index is 0.0914. The van der Waals surface area contributed by atoms with Crippen LogP contribution in [0.2, 0.25) is 10.0 Å². The molecule has 0 atom stereocenters.